The summed E-state index contributed by atoms with van der Waals surface area (Å²) in [5.74, 6) is -3.26. The highest BCUT2D eigenvalue weighted by molar-refractivity contribution is 5.87. The van der Waals surface area contributed by atoms with Gasteiger partial charge in [0.2, 0.25) is 0 Å². The molecule has 0 aromatic rings. The molecule has 5 nitrogen and oxygen atoms in total. The monoisotopic (exact) mass is 173 g/mol. The second-order valence-corrected chi connectivity index (χ2v) is 3.13. The molecular formula is C7H11NO4. The molecule has 0 heterocycles. The Morgan fingerprint density at radius 1 is 1.42 bits per heavy atom. The van der Waals surface area contributed by atoms with E-state index in [9.17, 15) is 9.59 Å². The molecule has 5 heteroatoms. The van der Waals surface area contributed by atoms with Gasteiger partial charge in [0.15, 0.2) is 0 Å². The van der Waals surface area contributed by atoms with E-state index in [0.717, 1.165) is 0 Å². The Hall–Kier alpha value is -1.10. The fraction of sp³-hybridized carbons (Fsp3) is 0.714. The highest BCUT2D eigenvalue weighted by atomic mass is 16.4. The third-order valence-electron chi connectivity index (χ3n) is 2.40. The summed E-state index contributed by atoms with van der Waals surface area (Å²) in [5.41, 5.74) is 3.92. The standard InChI is InChI=1S/C7H11NO4/c8-7(6(11)12)3-1-2-4(7)5(9)10/h4H,1-3,8H2,(H,9,10)(H,11,12)/t4-,7+/m0/s1. The van der Waals surface area contributed by atoms with E-state index < -0.39 is 23.4 Å². The molecule has 68 valence electrons. The Labute approximate surface area is 69.2 Å². The summed E-state index contributed by atoms with van der Waals surface area (Å²) < 4.78 is 0. The van der Waals surface area contributed by atoms with Crippen LogP contribution in [0.4, 0.5) is 0 Å². The van der Waals surface area contributed by atoms with Crippen LogP contribution in [0, 0.1) is 5.92 Å². The number of hydrogen-bond donors (Lipinski definition) is 3. The molecule has 1 rings (SSSR count). The lowest BCUT2D eigenvalue weighted by atomic mass is 9.88. The Morgan fingerprint density at radius 3 is 2.33 bits per heavy atom. The van der Waals surface area contributed by atoms with Gasteiger partial charge in [-0.3, -0.25) is 9.59 Å². The molecule has 0 bridgehead atoms. The smallest absolute Gasteiger partial charge is 0.324 e. The molecule has 4 N–H and O–H groups in total. The molecule has 0 aromatic heterocycles. The quantitative estimate of drug-likeness (QED) is 0.530. The minimum Gasteiger partial charge on any atom is -0.481 e. The summed E-state index contributed by atoms with van der Waals surface area (Å²) in [4.78, 5) is 21.2. The van der Waals surface area contributed by atoms with Crippen LogP contribution in [0.25, 0.3) is 0 Å². The van der Waals surface area contributed by atoms with Crippen LogP contribution in [0.15, 0.2) is 0 Å². The van der Waals surface area contributed by atoms with Crippen molar-refractivity contribution >= 4 is 11.9 Å². The highest BCUT2D eigenvalue weighted by Crippen LogP contribution is 2.33. The largest absolute Gasteiger partial charge is 0.481 e. The molecule has 0 saturated heterocycles. The second-order valence-electron chi connectivity index (χ2n) is 3.13. The van der Waals surface area contributed by atoms with E-state index in [1.807, 2.05) is 0 Å². The van der Waals surface area contributed by atoms with Gasteiger partial charge in [-0.2, -0.15) is 0 Å². The van der Waals surface area contributed by atoms with Crippen LogP contribution < -0.4 is 5.73 Å². The van der Waals surface area contributed by atoms with Gasteiger partial charge in [-0.05, 0) is 12.8 Å². The van der Waals surface area contributed by atoms with Gasteiger partial charge in [0, 0.05) is 0 Å². The number of aliphatic carboxylic acids is 2. The number of carbonyl (C=O) groups is 2. The van der Waals surface area contributed by atoms with Crippen LogP contribution in [-0.4, -0.2) is 27.7 Å². The molecule has 2 atom stereocenters. The first-order chi connectivity index (χ1) is 5.48. The Morgan fingerprint density at radius 2 is 2.00 bits per heavy atom. The molecule has 12 heavy (non-hydrogen) atoms. The number of carboxylic acid groups (broad SMARTS) is 2. The molecular weight excluding hydrogens is 162 g/mol. The van der Waals surface area contributed by atoms with Crippen molar-refractivity contribution in [2.75, 3.05) is 0 Å². The minimum atomic E-state index is -1.55. The Balaban J connectivity index is 2.89. The van der Waals surface area contributed by atoms with E-state index in [0.29, 0.717) is 12.8 Å². The zero-order chi connectivity index (χ0) is 9.35. The summed E-state index contributed by atoms with van der Waals surface area (Å²) in [6, 6.07) is 0. The van der Waals surface area contributed by atoms with Crippen LogP contribution in [0.5, 0.6) is 0 Å². The van der Waals surface area contributed by atoms with Crippen molar-refractivity contribution in [3.05, 3.63) is 0 Å². The molecule has 0 unspecified atom stereocenters. The van der Waals surface area contributed by atoms with Crippen LogP contribution in [-0.2, 0) is 9.59 Å². The van der Waals surface area contributed by atoms with Gasteiger partial charge in [-0.25, -0.2) is 0 Å². The Bertz CT molecular complexity index is 227. The summed E-state index contributed by atoms with van der Waals surface area (Å²) >= 11 is 0. The van der Waals surface area contributed by atoms with Crippen molar-refractivity contribution in [3.63, 3.8) is 0 Å². The predicted molar refractivity (Wildman–Crippen MR) is 39.5 cm³/mol. The number of rotatable bonds is 2. The van der Waals surface area contributed by atoms with Gasteiger partial charge in [0.05, 0.1) is 5.92 Å². The van der Waals surface area contributed by atoms with E-state index in [4.69, 9.17) is 15.9 Å². The molecule has 1 saturated carbocycles. The molecule has 0 radical (unpaired) electrons. The molecule has 1 aliphatic carbocycles. The van der Waals surface area contributed by atoms with E-state index in [2.05, 4.69) is 0 Å². The van der Waals surface area contributed by atoms with Gasteiger partial charge in [0.1, 0.15) is 5.54 Å². The van der Waals surface area contributed by atoms with Crippen LogP contribution in [0.2, 0.25) is 0 Å². The lowest BCUT2D eigenvalue weighted by Gasteiger charge is -2.22. The van der Waals surface area contributed by atoms with Crippen molar-refractivity contribution in [3.8, 4) is 0 Å². The SMILES string of the molecule is N[C@]1(C(=O)O)CCC[C@H]1C(=O)O. The number of hydrogen-bond acceptors (Lipinski definition) is 3. The highest BCUT2D eigenvalue weighted by Gasteiger charge is 2.49. The fourth-order valence-corrected chi connectivity index (χ4v) is 1.63. The summed E-state index contributed by atoms with van der Waals surface area (Å²) in [6.45, 7) is 0. The van der Waals surface area contributed by atoms with Crippen molar-refractivity contribution < 1.29 is 19.8 Å². The second kappa shape index (κ2) is 2.75. The maximum absolute atomic E-state index is 10.6. The van der Waals surface area contributed by atoms with Crippen molar-refractivity contribution in [1.82, 2.24) is 0 Å². The summed E-state index contributed by atoms with van der Waals surface area (Å²) in [5, 5.41) is 17.4. The molecule has 0 aromatic carbocycles. The van der Waals surface area contributed by atoms with Gasteiger partial charge >= 0.3 is 11.9 Å². The normalized spacial score (nSPS) is 34.9. The first kappa shape index (κ1) is 8.99. The maximum Gasteiger partial charge on any atom is 0.324 e. The average Bonchev–Trinajstić information content (AvgIpc) is 2.32. The van der Waals surface area contributed by atoms with E-state index in [-0.39, 0.29) is 6.42 Å². The molecule has 1 aliphatic rings. The third-order valence-corrected chi connectivity index (χ3v) is 2.40. The van der Waals surface area contributed by atoms with Gasteiger partial charge in [-0.1, -0.05) is 6.42 Å². The average molecular weight is 173 g/mol. The lowest BCUT2D eigenvalue weighted by Crippen LogP contribution is -2.53. The van der Waals surface area contributed by atoms with Crippen LogP contribution in [0.3, 0.4) is 0 Å². The van der Waals surface area contributed by atoms with Crippen LogP contribution in [0.1, 0.15) is 19.3 Å². The first-order valence-corrected chi connectivity index (χ1v) is 3.73. The molecule has 1 fully saturated rings. The third kappa shape index (κ3) is 1.16. The number of nitrogens with two attached hydrogens (primary N) is 1. The molecule has 0 spiro atoms. The van der Waals surface area contributed by atoms with Gasteiger partial charge in [0.25, 0.3) is 0 Å². The molecule has 0 aliphatic heterocycles. The Kier molecular flexibility index (Phi) is 2.06. The maximum atomic E-state index is 10.6. The summed E-state index contributed by atoms with van der Waals surface area (Å²) in [7, 11) is 0. The summed E-state index contributed by atoms with van der Waals surface area (Å²) in [6.07, 6.45) is 1.18. The van der Waals surface area contributed by atoms with Gasteiger partial charge < -0.3 is 15.9 Å². The predicted octanol–water partition coefficient (Wildman–Crippen LogP) is -0.347. The van der Waals surface area contributed by atoms with E-state index in [1.165, 1.54) is 0 Å². The van der Waals surface area contributed by atoms with Crippen molar-refractivity contribution in [2.24, 2.45) is 11.7 Å². The zero-order valence-corrected chi connectivity index (χ0v) is 6.49. The van der Waals surface area contributed by atoms with Crippen molar-refractivity contribution in [1.29, 1.82) is 0 Å². The van der Waals surface area contributed by atoms with Crippen LogP contribution >= 0.6 is 0 Å². The minimum absolute atomic E-state index is 0.249. The fourth-order valence-electron chi connectivity index (χ4n) is 1.63. The zero-order valence-electron chi connectivity index (χ0n) is 6.49. The van der Waals surface area contributed by atoms with E-state index >= 15 is 0 Å². The molecule has 0 amide bonds. The lowest BCUT2D eigenvalue weighted by molar-refractivity contribution is -0.153. The van der Waals surface area contributed by atoms with Gasteiger partial charge in [-0.15, -0.1) is 0 Å². The van der Waals surface area contributed by atoms with Crippen molar-refractivity contribution in [2.45, 2.75) is 24.8 Å². The number of carboxylic acids is 2. The first-order valence-electron chi connectivity index (χ1n) is 3.73. The van der Waals surface area contributed by atoms with E-state index in [1.54, 1.807) is 0 Å². The topological polar surface area (TPSA) is 101 Å².